The zero-order valence-electron chi connectivity index (χ0n) is 17.0. The second-order valence-electron chi connectivity index (χ2n) is 7.14. The molecule has 1 aromatic carbocycles. The standard InChI is InChI=1S/C21H17N3O7S2/c25-18(5-9-33(27,28)13-3-4-16-17(10-13)31-8-7-30-16)23-24-12-22-20-19(21(24)26)14(11-32-20)15-2-1-6-29-15/h1-4,6,10-12H,5,7-9H2,(H,23,25). The van der Waals surface area contributed by atoms with E-state index in [9.17, 15) is 18.0 Å². The number of furan rings is 1. The van der Waals surface area contributed by atoms with Crippen LogP contribution in [0.1, 0.15) is 6.42 Å². The Kier molecular flexibility index (Phi) is 5.38. The third kappa shape index (κ3) is 4.10. The number of nitrogens with zero attached hydrogens (tertiary/aromatic N) is 2. The molecular formula is C21H17N3O7S2. The fourth-order valence-electron chi connectivity index (χ4n) is 3.38. The number of sulfone groups is 1. The number of amides is 1. The highest BCUT2D eigenvalue weighted by atomic mass is 32.2. The van der Waals surface area contributed by atoms with Crippen molar-refractivity contribution >= 4 is 37.3 Å². The number of benzene rings is 1. The Morgan fingerprint density at radius 3 is 2.79 bits per heavy atom. The van der Waals surface area contributed by atoms with Crippen LogP contribution in [0.2, 0.25) is 0 Å². The zero-order valence-corrected chi connectivity index (χ0v) is 18.6. The van der Waals surface area contributed by atoms with E-state index in [1.165, 1.54) is 42.1 Å². The van der Waals surface area contributed by atoms with Gasteiger partial charge in [-0.05, 0) is 24.3 Å². The number of carbonyl (C=O) groups excluding carboxylic acids is 1. The van der Waals surface area contributed by atoms with E-state index in [1.54, 1.807) is 17.5 Å². The Hall–Kier alpha value is -3.64. The first kappa shape index (κ1) is 21.2. The summed E-state index contributed by atoms with van der Waals surface area (Å²) in [5.74, 6) is 0.242. The molecule has 3 aromatic heterocycles. The summed E-state index contributed by atoms with van der Waals surface area (Å²) in [7, 11) is -3.76. The topological polar surface area (TPSA) is 130 Å². The predicted molar refractivity (Wildman–Crippen MR) is 120 cm³/mol. The molecule has 12 heteroatoms. The van der Waals surface area contributed by atoms with Gasteiger partial charge in [0.1, 0.15) is 30.1 Å². The van der Waals surface area contributed by atoms with Gasteiger partial charge in [-0.1, -0.05) is 0 Å². The van der Waals surface area contributed by atoms with Crippen LogP contribution in [0.3, 0.4) is 0 Å². The molecule has 0 bridgehead atoms. The van der Waals surface area contributed by atoms with Gasteiger partial charge in [-0.3, -0.25) is 15.0 Å². The number of rotatable bonds is 6. The van der Waals surface area contributed by atoms with E-state index in [0.717, 1.165) is 4.68 Å². The number of aromatic nitrogens is 2. The maximum atomic E-state index is 12.9. The molecule has 33 heavy (non-hydrogen) atoms. The summed E-state index contributed by atoms with van der Waals surface area (Å²) < 4.78 is 42.5. The highest BCUT2D eigenvalue weighted by molar-refractivity contribution is 7.91. The Labute approximate surface area is 191 Å². The maximum Gasteiger partial charge on any atom is 0.281 e. The normalized spacial score (nSPS) is 13.2. The molecule has 0 fully saturated rings. The number of carbonyl (C=O) groups is 1. The molecule has 4 heterocycles. The van der Waals surface area contributed by atoms with E-state index >= 15 is 0 Å². The quantitative estimate of drug-likeness (QED) is 0.439. The lowest BCUT2D eigenvalue weighted by molar-refractivity contribution is -0.116. The molecule has 0 spiro atoms. The first-order valence-corrected chi connectivity index (χ1v) is 12.4. The van der Waals surface area contributed by atoms with Gasteiger partial charge < -0.3 is 13.9 Å². The monoisotopic (exact) mass is 487 g/mol. The minimum Gasteiger partial charge on any atom is -0.486 e. The van der Waals surface area contributed by atoms with Crippen LogP contribution < -0.4 is 20.5 Å². The third-order valence-electron chi connectivity index (χ3n) is 5.00. The second kappa shape index (κ2) is 8.37. The van der Waals surface area contributed by atoms with E-state index in [2.05, 4.69) is 10.4 Å². The molecule has 0 unspecified atom stereocenters. The first-order valence-electron chi connectivity index (χ1n) is 9.87. The average molecular weight is 488 g/mol. The fourth-order valence-corrected chi connectivity index (χ4v) is 5.52. The number of hydrogen-bond acceptors (Lipinski definition) is 9. The van der Waals surface area contributed by atoms with Crippen molar-refractivity contribution in [2.24, 2.45) is 0 Å². The molecular weight excluding hydrogens is 470 g/mol. The van der Waals surface area contributed by atoms with Gasteiger partial charge in [-0.25, -0.2) is 18.1 Å². The highest BCUT2D eigenvalue weighted by Gasteiger charge is 2.21. The lowest BCUT2D eigenvalue weighted by Crippen LogP contribution is -2.33. The van der Waals surface area contributed by atoms with E-state index in [1.807, 2.05) is 0 Å². The van der Waals surface area contributed by atoms with Crippen LogP contribution in [0, 0.1) is 0 Å². The van der Waals surface area contributed by atoms with Crippen LogP contribution in [0.25, 0.3) is 21.5 Å². The van der Waals surface area contributed by atoms with Crippen molar-refractivity contribution in [1.29, 1.82) is 0 Å². The summed E-state index contributed by atoms with van der Waals surface area (Å²) in [6, 6.07) is 7.75. The predicted octanol–water partition coefficient (Wildman–Crippen LogP) is 2.42. The third-order valence-corrected chi connectivity index (χ3v) is 7.60. The van der Waals surface area contributed by atoms with Crippen LogP contribution >= 0.6 is 11.3 Å². The number of fused-ring (bicyclic) bond motifs is 2. The molecule has 170 valence electrons. The van der Waals surface area contributed by atoms with Crippen molar-refractivity contribution in [3.63, 3.8) is 0 Å². The van der Waals surface area contributed by atoms with Crippen LogP contribution in [-0.4, -0.2) is 43.0 Å². The number of ether oxygens (including phenoxy) is 2. The molecule has 0 atom stereocenters. The average Bonchev–Trinajstić information content (AvgIpc) is 3.49. The molecule has 4 aromatic rings. The molecule has 0 aliphatic carbocycles. The SMILES string of the molecule is O=C(CCS(=O)(=O)c1ccc2c(c1)OCCO2)Nn1cnc2scc(-c3ccco3)c2c1=O. The summed E-state index contributed by atoms with van der Waals surface area (Å²) in [6.45, 7) is 0.728. The van der Waals surface area contributed by atoms with Crippen molar-refractivity contribution in [3.8, 4) is 22.8 Å². The lowest BCUT2D eigenvalue weighted by Gasteiger charge is -2.18. The fraction of sp³-hybridized carbons (Fsp3) is 0.190. The van der Waals surface area contributed by atoms with Crippen molar-refractivity contribution < 1.29 is 27.1 Å². The summed E-state index contributed by atoms with van der Waals surface area (Å²) in [6.07, 6.45) is 2.34. The zero-order chi connectivity index (χ0) is 23.0. The van der Waals surface area contributed by atoms with Crippen LogP contribution in [-0.2, 0) is 14.6 Å². The molecule has 1 aliphatic rings. The molecule has 1 N–H and O–H groups in total. The summed E-state index contributed by atoms with van der Waals surface area (Å²) in [5.41, 5.74) is 2.49. The molecule has 0 radical (unpaired) electrons. The Bertz CT molecular complexity index is 1500. The van der Waals surface area contributed by atoms with Crippen LogP contribution in [0.4, 0.5) is 0 Å². The van der Waals surface area contributed by atoms with Crippen molar-refractivity contribution in [2.75, 3.05) is 24.4 Å². The Morgan fingerprint density at radius 2 is 2.00 bits per heavy atom. The van der Waals surface area contributed by atoms with Gasteiger partial charge in [0, 0.05) is 23.4 Å². The largest absolute Gasteiger partial charge is 0.486 e. The number of hydrogen-bond donors (Lipinski definition) is 1. The molecule has 10 nitrogen and oxygen atoms in total. The van der Waals surface area contributed by atoms with Crippen molar-refractivity contribution in [3.05, 3.63) is 58.7 Å². The molecule has 1 aliphatic heterocycles. The molecule has 5 rings (SSSR count). The van der Waals surface area contributed by atoms with Gasteiger partial charge in [-0.15, -0.1) is 11.3 Å². The van der Waals surface area contributed by atoms with E-state index in [4.69, 9.17) is 13.9 Å². The second-order valence-corrected chi connectivity index (χ2v) is 10.1. The van der Waals surface area contributed by atoms with Crippen molar-refractivity contribution in [1.82, 2.24) is 9.66 Å². The van der Waals surface area contributed by atoms with Gasteiger partial charge >= 0.3 is 0 Å². The molecule has 0 saturated heterocycles. The van der Waals surface area contributed by atoms with Gasteiger partial charge in [0.05, 0.1) is 22.3 Å². The highest BCUT2D eigenvalue weighted by Crippen LogP contribution is 2.33. The summed E-state index contributed by atoms with van der Waals surface area (Å²) in [5, 5.41) is 2.06. The minimum atomic E-state index is -3.76. The van der Waals surface area contributed by atoms with Gasteiger partial charge in [0.15, 0.2) is 21.3 Å². The van der Waals surface area contributed by atoms with E-state index in [0.29, 0.717) is 46.3 Å². The number of thiophene rings is 1. The Balaban J connectivity index is 1.32. The molecule has 1 amide bonds. The van der Waals surface area contributed by atoms with Crippen molar-refractivity contribution in [2.45, 2.75) is 11.3 Å². The lowest BCUT2D eigenvalue weighted by atomic mass is 10.2. The number of nitrogens with one attached hydrogen (secondary N) is 1. The summed E-state index contributed by atoms with van der Waals surface area (Å²) >= 11 is 1.28. The minimum absolute atomic E-state index is 0.0289. The summed E-state index contributed by atoms with van der Waals surface area (Å²) in [4.78, 5) is 30.1. The van der Waals surface area contributed by atoms with Gasteiger partial charge in [0.2, 0.25) is 5.91 Å². The van der Waals surface area contributed by atoms with E-state index in [-0.39, 0.29) is 11.3 Å². The van der Waals surface area contributed by atoms with Crippen LogP contribution in [0.15, 0.2) is 62.4 Å². The Morgan fingerprint density at radius 1 is 1.18 bits per heavy atom. The first-order chi connectivity index (χ1) is 15.9. The smallest absolute Gasteiger partial charge is 0.281 e. The maximum absolute atomic E-state index is 12.9. The van der Waals surface area contributed by atoms with Gasteiger partial charge in [-0.2, -0.15) is 0 Å². The van der Waals surface area contributed by atoms with E-state index < -0.39 is 27.1 Å². The molecule has 0 saturated carbocycles. The van der Waals surface area contributed by atoms with Crippen LogP contribution in [0.5, 0.6) is 11.5 Å². The van der Waals surface area contributed by atoms with Gasteiger partial charge in [0.25, 0.3) is 5.56 Å².